The SMILES string of the molecule is CN=C(NCc1ccc(CS(=O)(=O)NC(C)C)cc1)NCc1nnc2ccccn12. The van der Waals surface area contributed by atoms with Gasteiger partial charge in [-0.05, 0) is 37.1 Å². The number of fused-ring (bicyclic) bond motifs is 1. The molecule has 0 saturated heterocycles. The summed E-state index contributed by atoms with van der Waals surface area (Å²) in [5, 5.41) is 14.8. The van der Waals surface area contributed by atoms with Crippen molar-refractivity contribution in [2.75, 3.05) is 7.05 Å². The van der Waals surface area contributed by atoms with Crippen LogP contribution in [0.2, 0.25) is 0 Å². The monoisotopic (exact) mass is 429 g/mol. The van der Waals surface area contributed by atoms with Crippen LogP contribution in [0.15, 0.2) is 53.7 Å². The molecule has 3 N–H and O–H groups in total. The summed E-state index contributed by atoms with van der Waals surface area (Å²) in [6, 6.07) is 13.1. The van der Waals surface area contributed by atoms with E-state index in [0.29, 0.717) is 19.0 Å². The van der Waals surface area contributed by atoms with E-state index in [2.05, 4.69) is 30.5 Å². The van der Waals surface area contributed by atoms with Gasteiger partial charge in [0, 0.05) is 25.8 Å². The highest BCUT2D eigenvalue weighted by Gasteiger charge is 2.13. The van der Waals surface area contributed by atoms with Crippen molar-refractivity contribution in [3.63, 3.8) is 0 Å². The zero-order valence-electron chi connectivity index (χ0n) is 17.3. The number of sulfonamides is 1. The lowest BCUT2D eigenvalue weighted by Crippen LogP contribution is -2.36. The normalized spacial score (nSPS) is 12.5. The van der Waals surface area contributed by atoms with Gasteiger partial charge in [0.15, 0.2) is 17.4 Å². The number of guanidine groups is 1. The number of aliphatic imine (C=N–C) groups is 1. The standard InChI is InChI=1S/C20H27N7O2S/c1-15(2)26-30(28,29)14-17-9-7-16(8-10-17)12-22-20(21-3)23-13-19-25-24-18-6-4-5-11-27(18)19/h4-11,15,26H,12-14H2,1-3H3,(H2,21,22,23). The zero-order chi connectivity index (χ0) is 21.6. The van der Waals surface area contributed by atoms with E-state index in [1.807, 2.05) is 53.1 Å². The van der Waals surface area contributed by atoms with Crippen LogP contribution in [-0.2, 0) is 28.9 Å². The lowest BCUT2D eigenvalue weighted by Gasteiger charge is -2.12. The first-order valence-electron chi connectivity index (χ1n) is 9.67. The molecular formula is C20H27N7O2S. The van der Waals surface area contributed by atoms with Crippen LogP contribution in [0.1, 0.15) is 30.8 Å². The number of nitrogens with zero attached hydrogens (tertiary/aromatic N) is 4. The summed E-state index contributed by atoms with van der Waals surface area (Å²) in [4.78, 5) is 4.23. The molecule has 0 fully saturated rings. The Hall–Kier alpha value is -2.98. The topological polar surface area (TPSA) is 113 Å². The third kappa shape index (κ3) is 6.01. The molecule has 0 atom stereocenters. The lowest BCUT2D eigenvalue weighted by atomic mass is 10.1. The fraction of sp³-hybridized carbons (Fsp3) is 0.350. The van der Waals surface area contributed by atoms with Gasteiger partial charge in [0.25, 0.3) is 0 Å². The van der Waals surface area contributed by atoms with E-state index in [0.717, 1.165) is 22.6 Å². The summed E-state index contributed by atoms with van der Waals surface area (Å²) in [5.41, 5.74) is 2.56. The summed E-state index contributed by atoms with van der Waals surface area (Å²) in [7, 11) is -1.63. The quantitative estimate of drug-likeness (QED) is 0.369. The molecule has 1 aromatic carbocycles. The van der Waals surface area contributed by atoms with E-state index in [-0.39, 0.29) is 11.8 Å². The molecule has 0 amide bonds. The number of hydrogen-bond acceptors (Lipinski definition) is 5. The molecule has 3 aromatic rings. The van der Waals surface area contributed by atoms with Gasteiger partial charge in [-0.2, -0.15) is 0 Å². The van der Waals surface area contributed by atoms with Gasteiger partial charge in [0.2, 0.25) is 10.0 Å². The van der Waals surface area contributed by atoms with Crippen molar-refractivity contribution in [2.24, 2.45) is 4.99 Å². The molecule has 0 unspecified atom stereocenters. The van der Waals surface area contributed by atoms with E-state index in [4.69, 9.17) is 0 Å². The van der Waals surface area contributed by atoms with Gasteiger partial charge >= 0.3 is 0 Å². The van der Waals surface area contributed by atoms with E-state index in [1.165, 1.54) is 0 Å². The second kappa shape index (κ2) is 9.68. The number of rotatable bonds is 8. The van der Waals surface area contributed by atoms with Gasteiger partial charge in [-0.15, -0.1) is 10.2 Å². The van der Waals surface area contributed by atoms with Crippen LogP contribution in [0.5, 0.6) is 0 Å². The molecule has 0 spiro atoms. The number of benzene rings is 1. The fourth-order valence-corrected chi connectivity index (χ4v) is 4.39. The van der Waals surface area contributed by atoms with E-state index >= 15 is 0 Å². The Morgan fingerprint density at radius 2 is 1.73 bits per heavy atom. The first kappa shape index (κ1) is 21.7. The maximum absolute atomic E-state index is 12.0. The van der Waals surface area contributed by atoms with Crippen LogP contribution in [0.3, 0.4) is 0 Å². The summed E-state index contributed by atoms with van der Waals surface area (Å²) in [6.07, 6.45) is 1.92. The van der Waals surface area contributed by atoms with Crippen LogP contribution in [0.25, 0.3) is 5.65 Å². The Kier molecular flexibility index (Phi) is 7.01. The van der Waals surface area contributed by atoms with Crippen LogP contribution in [0, 0.1) is 0 Å². The summed E-state index contributed by atoms with van der Waals surface area (Å²) < 4.78 is 28.6. The average Bonchev–Trinajstić information content (AvgIpc) is 3.11. The van der Waals surface area contributed by atoms with Crippen molar-refractivity contribution >= 4 is 21.6 Å². The maximum atomic E-state index is 12.0. The molecule has 0 saturated carbocycles. The minimum atomic E-state index is -3.33. The Labute approximate surface area is 176 Å². The van der Waals surface area contributed by atoms with Crippen molar-refractivity contribution < 1.29 is 8.42 Å². The van der Waals surface area contributed by atoms with E-state index in [9.17, 15) is 8.42 Å². The van der Waals surface area contributed by atoms with Gasteiger partial charge in [-0.25, -0.2) is 13.1 Å². The second-order valence-electron chi connectivity index (χ2n) is 7.17. The molecule has 10 heteroatoms. The fourth-order valence-electron chi connectivity index (χ4n) is 2.95. The molecule has 3 rings (SSSR count). The van der Waals surface area contributed by atoms with Crippen LogP contribution >= 0.6 is 0 Å². The van der Waals surface area contributed by atoms with Crippen LogP contribution in [0.4, 0.5) is 0 Å². The van der Waals surface area contributed by atoms with Gasteiger partial charge in [0.05, 0.1) is 12.3 Å². The highest BCUT2D eigenvalue weighted by Crippen LogP contribution is 2.08. The molecule has 0 aliphatic rings. The third-order valence-electron chi connectivity index (χ3n) is 4.28. The molecule has 2 heterocycles. The van der Waals surface area contributed by atoms with Gasteiger partial charge in [-0.1, -0.05) is 30.3 Å². The van der Waals surface area contributed by atoms with Gasteiger partial charge < -0.3 is 10.6 Å². The molecule has 160 valence electrons. The molecule has 0 aliphatic heterocycles. The molecule has 2 aromatic heterocycles. The number of nitrogens with one attached hydrogen (secondary N) is 3. The summed E-state index contributed by atoms with van der Waals surface area (Å²) in [6.45, 7) is 4.64. The Morgan fingerprint density at radius 3 is 2.43 bits per heavy atom. The second-order valence-corrected chi connectivity index (χ2v) is 8.93. The summed E-state index contributed by atoms with van der Waals surface area (Å²) in [5.74, 6) is 1.39. The molecule has 0 radical (unpaired) electrons. The third-order valence-corrected chi connectivity index (χ3v) is 5.82. The first-order chi connectivity index (χ1) is 14.4. The smallest absolute Gasteiger partial charge is 0.216 e. The largest absolute Gasteiger partial charge is 0.352 e. The first-order valence-corrected chi connectivity index (χ1v) is 11.3. The number of pyridine rings is 1. The predicted octanol–water partition coefficient (Wildman–Crippen LogP) is 1.42. The van der Waals surface area contributed by atoms with Crippen LogP contribution in [-0.4, -0.2) is 42.1 Å². The van der Waals surface area contributed by atoms with E-state index < -0.39 is 10.0 Å². The Bertz CT molecular complexity index is 1110. The number of aromatic nitrogens is 3. The van der Waals surface area contributed by atoms with Crippen molar-refractivity contribution in [2.45, 2.75) is 38.7 Å². The average molecular weight is 430 g/mol. The highest BCUT2D eigenvalue weighted by molar-refractivity contribution is 7.88. The lowest BCUT2D eigenvalue weighted by molar-refractivity contribution is 0.569. The van der Waals surface area contributed by atoms with E-state index in [1.54, 1.807) is 20.9 Å². The predicted molar refractivity (Wildman–Crippen MR) is 117 cm³/mol. The minimum absolute atomic E-state index is 0.0333. The van der Waals surface area contributed by atoms with Crippen molar-refractivity contribution in [1.82, 2.24) is 30.0 Å². The Balaban J connectivity index is 1.52. The molecular weight excluding hydrogens is 402 g/mol. The highest BCUT2D eigenvalue weighted by atomic mass is 32.2. The minimum Gasteiger partial charge on any atom is -0.352 e. The molecule has 9 nitrogen and oxygen atoms in total. The molecule has 30 heavy (non-hydrogen) atoms. The van der Waals surface area contributed by atoms with Crippen LogP contribution < -0.4 is 15.4 Å². The van der Waals surface area contributed by atoms with Crippen molar-refractivity contribution in [3.8, 4) is 0 Å². The molecule has 0 aliphatic carbocycles. The van der Waals surface area contributed by atoms with Gasteiger partial charge in [-0.3, -0.25) is 9.39 Å². The molecule has 0 bridgehead atoms. The van der Waals surface area contributed by atoms with Gasteiger partial charge in [0.1, 0.15) is 0 Å². The summed E-state index contributed by atoms with van der Waals surface area (Å²) >= 11 is 0. The van der Waals surface area contributed by atoms with Crippen molar-refractivity contribution in [1.29, 1.82) is 0 Å². The zero-order valence-corrected chi connectivity index (χ0v) is 18.1. The number of hydrogen-bond donors (Lipinski definition) is 3. The van der Waals surface area contributed by atoms with Crippen molar-refractivity contribution in [3.05, 3.63) is 65.6 Å². The Morgan fingerprint density at radius 1 is 1.03 bits per heavy atom. The maximum Gasteiger partial charge on any atom is 0.216 e.